The lowest BCUT2D eigenvalue weighted by molar-refractivity contribution is -0.121. The number of aryl methyl sites for hydroxylation is 1. The Labute approximate surface area is 170 Å². The lowest BCUT2D eigenvalue weighted by atomic mass is 9.92. The third kappa shape index (κ3) is 4.15. The largest absolute Gasteiger partial charge is 0.361 e. The minimum Gasteiger partial charge on any atom is -0.361 e. The number of amides is 1. The van der Waals surface area contributed by atoms with Crippen LogP contribution in [0.1, 0.15) is 48.1 Å². The number of hydrogen-bond acceptors (Lipinski definition) is 3. The van der Waals surface area contributed by atoms with E-state index in [1.54, 1.807) is 11.3 Å². The lowest BCUT2D eigenvalue weighted by Gasteiger charge is -2.17. The van der Waals surface area contributed by atoms with Gasteiger partial charge in [-0.05, 0) is 54.9 Å². The van der Waals surface area contributed by atoms with E-state index in [2.05, 4.69) is 64.0 Å². The molecule has 2 N–H and O–H groups in total. The molecule has 0 radical (unpaired) electrons. The summed E-state index contributed by atoms with van der Waals surface area (Å²) in [5.74, 6) is 0.228. The highest BCUT2D eigenvalue weighted by Gasteiger charge is 2.23. The second-order valence-electron chi connectivity index (χ2n) is 7.61. The van der Waals surface area contributed by atoms with E-state index in [0.717, 1.165) is 19.5 Å². The lowest BCUT2D eigenvalue weighted by Crippen LogP contribution is -2.34. The van der Waals surface area contributed by atoms with Crippen LogP contribution in [-0.2, 0) is 11.2 Å². The number of nitrogens with zero attached hydrogens (tertiary/aromatic N) is 1. The van der Waals surface area contributed by atoms with Crippen molar-refractivity contribution in [3.63, 3.8) is 0 Å². The molecular weight excluding hydrogens is 366 g/mol. The number of rotatable bonds is 8. The fourth-order valence-corrected chi connectivity index (χ4v) is 5.14. The van der Waals surface area contributed by atoms with Gasteiger partial charge in [0.25, 0.3) is 0 Å². The first-order valence-electron chi connectivity index (χ1n) is 10.4. The predicted molar refractivity (Wildman–Crippen MR) is 117 cm³/mol. The Bertz CT molecular complexity index is 909. The maximum absolute atomic E-state index is 12.7. The topological polar surface area (TPSA) is 48.1 Å². The monoisotopic (exact) mass is 395 g/mol. The smallest absolute Gasteiger partial charge is 0.221 e. The molecule has 28 heavy (non-hydrogen) atoms. The van der Waals surface area contributed by atoms with E-state index in [1.165, 1.54) is 52.8 Å². The van der Waals surface area contributed by atoms with Crippen LogP contribution in [-0.4, -0.2) is 42.0 Å². The minimum absolute atomic E-state index is 0.0904. The maximum atomic E-state index is 12.7. The van der Waals surface area contributed by atoms with Gasteiger partial charge < -0.3 is 15.2 Å². The fraction of sp³-hybridized carbons (Fsp3) is 0.435. The molecule has 148 valence electrons. The van der Waals surface area contributed by atoms with Crippen LogP contribution in [0.3, 0.4) is 0 Å². The highest BCUT2D eigenvalue weighted by atomic mass is 32.1. The van der Waals surface area contributed by atoms with Crippen LogP contribution in [0.5, 0.6) is 0 Å². The van der Waals surface area contributed by atoms with Crippen LogP contribution in [0.2, 0.25) is 0 Å². The van der Waals surface area contributed by atoms with Crippen molar-refractivity contribution >= 4 is 28.1 Å². The normalized spacial score (nSPS) is 15.9. The first-order valence-corrected chi connectivity index (χ1v) is 11.3. The van der Waals surface area contributed by atoms with Gasteiger partial charge in [0.2, 0.25) is 5.91 Å². The molecule has 1 unspecified atom stereocenters. The van der Waals surface area contributed by atoms with Gasteiger partial charge in [-0.3, -0.25) is 4.79 Å². The van der Waals surface area contributed by atoms with Gasteiger partial charge in [-0.2, -0.15) is 0 Å². The number of thiophene rings is 1. The average molecular weight is 396 g/mol. The standard InChI is InChI=1S/C23H29N3OS/c1-2-17-7-5-8-18-20(16-25-23(17)18)19(21-9-6-14-28-21)15-22(27)24-10-13-26-11-3-4-12-26/h5-9,14,16,19,25H,2-4,10-13,15H2,1H3,(H,24,27). The SMILES string of the molecule is CCc1cccc2c(C(CC(=O)NCCN3CCCC3)c3cccs3)c[nH]c12. The van der Waals surface area contributed by atoms with Crippen molar-refractivity contribution in [1.29, 1.82) is 0 Å². The third-order valence-electron chi connectivity index (χ3n) is 5.82. The first kappa shape index (κ1) is 19.2. The second-order valence-corrected chi connectivity index (χ2v) is 8.59. The van der Waals surface area contributed by atoms with Crippen molar-refractivity contribution in [2.45, 2.75) is 38.5 Å². The van der Waals surface area contributed by atoms with Crippen molar-refractivity contribution < 1.29 is 4.79 Å². The quantitative estimate of drug-likeness (QED) is 0.589. The van der Waals surface area contributed by atoms with E-state index in [9.17, 15) is 4.79 Å². The summed E-state index contributed by atoms with van der Waals surface area (Å²) >= 11 is 1.73. The number of carbonyl (C=O) groups is 1. The summed E-state index contributed by atoms with van der Waals surface area (Å²) in [4.78, 5) is 19.9. The molecule has 3 aromatic rings. The molecule has 0 bridgehead atoms. The zero-order valence-corrected chi connectivity index (χ0v) is 17.4. The molecule has 0 aliphatic carbocycles. The number of hydrogen-bond donors (Lipinski definition) is 2. The number of aromatic amines is 1. The number of benzene rings is 1. The number of likely N-dealkylation sites (tertiary alicyclic amines) is 1. The van der Waals surface area contributed by atoms with Crippen LogP contribution in [0.15, 0.2) is 41.9 Å². The summed E-state index contributed by atoms with van der Waals surface area (Å²) in [6.45, 7) is 6.22. The summed E-state index contributed by atoms with van der Waals surface area (Å²) in [5.41, 5.74) is 3.75. The van der Waals surface area contributed by atoms with E-state index >= 15 is 0 Å². The summed E-state index contributed by atoms with van der Waals surface area (Å²) in [6, 6.07) is 10.7. The molecule has 1 saturated heterocycles. The molecule has 0 spiro atoms. The molecule has 4 rings (SSSR count). The number of nitrogens with one attached hydrogen (secondary N) is 2. The van der Waals surface area contributed by atoms with Crippen LogP contribution in [0.25, 0.3) is 10.9 Å². The van der Waals surface area contributed by atoms with Crippen molar-refractivity contribution in [1.82, 2.24) is 15.2 Å². The molecule has 5 heteroatoms. The van der Waals surface area contributed by atoms with Gasteiger partial charge in [0.1, 0.15) is 0 Å². The summed E-state index contributed by atoms with van der Waals surface area (Å²) in [5, 5.41) is 6.48. The van der Waals surface area contributed by atoms with Crippen molar-refractivity contribution in [3.05, 3.63) is 57.9 Å². The Kier molecular flexibility index (Phi) is 6.13. The molecule has 1 aromatic carbocycles. The van der Waals surface area contributed by atoms with Crippen LogP contribution < -0.4 is 5.32 Å². The Morgan fingerprint density at radius 3 is 2.86 bits per heavy atom. The van der Waals surface area contributed by atoms with E-state index in [4.69, 9.17) is 0 Å². The Balaban J connectivity index is 1.51. The maximum Gasteiger partial charge on any atom is 0.221 e. The molecule has 1 aliphatic rings. The Morgan fingerprint density at radius 2 is 2.11 bits per heavy atom. The summed E-state index contributed by atoms with van der Waals surface area (Å²) < 4.78 is 0. The average Bonchev–Trinajstić information content (AvgIpc) is 3.47. The molecule has 1 atom stereocenters. The third-order valence-corrected chi connectivity index (χ3v) is 6.80. The zero-order valence-electron chi connectivity index (χ0n) is 16.5. The molecule has 4 nitrogen and oxygen atoms in total. The number of aromatic nitrogens is 1. The van der Waals surface area contributed by atoms with E-state index in [1.807, 2.05) is 0 Å². The predicted octanol–water partition coefficient (Wildman–Crippen LogP) is 4.53. The number of carbonyl (C=O) groups excluding carboxylic acids is 1. The number of H-pyrrole nitrogens is 1. The highest BCUT2D eigenvalue weighted by Crippen LogP contribution is 2.36. The van der Waals surface area contributed by atoms with Crippen molar-refractivity contribution in [2.75, 3.05) is 26.2 Å². The Hall–Kier alpha value is -2.11. The first-order chi connectivity index (χ1) is 13.8. The summed E-state index contributed by atoms with van der Waals surface area (Å²) in [7, 11) is 0. The minimum atomic E-state index is 0.0904. The molecule has 0 saturated carbocycles. The van der Waals surface area contributed by atoms with Crippen molar-refractivity contribution in [3.8, 4) is 0 Å². The summed E-state index contributed by atoms with van der Waals surface area (Å²) in [6.07, 6.45) is 6.16. The Morgan fingerprint density at radius 1 is 1.25 bits per heavy atom. The molecular formula is C23H29N3OS. The van der Waals surface area contributed by atoms with E-state index in [0.29, 0.717) is 6.42 Å². The van der Waals surface area contributed by atoms with E-state index < -0.39 is 0 Å². The fourth-order valence-electron chi connectivity index (χ4n) is 4.29. The van der Waals surface area contributed by atoms with Gasteiger partial charge in [0.15, 0.2) is 0 Å². The second kappa shape index (κ2) is 8.93. The van der Waals surface area contributed by atoms with Crippen LogP contribution in [0, 0.1) is 0 Å². The van der Waals surface area contributed by atoms with Gasteiger partial charge in [-0.25, -0.2) is 0 Å². The van der Waals surface area contributed by atoms with Crippen LogP contribution >= 0.6 is 11.3 Å². The highest BCUT2D eigenvalue weighted by molar-refractivity contribution is 7.10. The molecule has 3 heterocycles. The van der Waals surface area contributed by atoms with Gasteiger partial charge in [-0.15, -0.1) is 11.3 Å². The molecule has 1 fully saturated rings. The van der Waals surface area contributed by atoms with Gasteiger partial charge in [0.05, 0.1) is 0 Å². The molecule has 1 aliphatic heterocycles. The van der Waals surface area contributed by atoms with Crippen LogP contribution in [0.4, 0.5) is 0 Å². The molecule has 2 aromatic heterocycles. The number of para-hydroxylation sites is 1. The number of fused-ring (bicyclic) bond motifs is 1. The van der Waals surface area contributed by atoms with Gasteiger partial charge in [-0.1, -0.05) is 31.2 Å². The van der Waals surface area contributed by atoms with E-state index in [-0.39, 0.29) is 11.8 Å². The molecule has 1 amide bonds. The van der Waals surface area contributed by atoms with Gasteiger partial charge >= 0.3 is 0 Å². The van der Waals surface area contributed by atoms with Gasteiger partial charge in [0, 0.05) is 47.4 Å². The van der Waals surface area contributed by atoms with Crippen molar-refractivity contribution in [2.24, 2.45) is 0 Å². The zero-order chi connectivity index (χ0) is 19.3.